The monoisotopic (exact) mass is 474 g/mol. The number of aliphatic imine (C=N–C) groups is 2. The summed E-state index contributed by atoms with van der Waals surface area (Å²) in [7, 11) is 0. The van der Waals surface area contributed by atoms with Crippen LogP contribution >= 0.6 is 45.2 Å². The molecule has 0 atom stereocenters. The number of nitro benzene ring substituents is 1. The second-order valence-corrected chi connectivity index (χ2v) is 5.35. The highest BCUT2D eigenvalue weighted by Gasteiger charge is 2.13. The Balaban J connectivity index is 3.27. The van der Waals surface area contributed by atoms with Crippen molar-refractivity contribution >= 4 is 68.5 Å². The maximum Gasteiger partial charge on any atom is 0.271 e. The zero-order valence-corrected chi connectivity index (χ0v) is 13.1. The third kappa shape index (κ3) is 3.94. The summed E-state index contributed by atoms with van der Waals surface area (Å²) in [5.74, 6) is -0.317. The molecule has 18 heavy (non-hydrogen) atoms. The summed E-state index contributed by atoms with van der Waals surface area (Å²) in [5.41, 5.74) is 16.3. The highest BCUT2D eigenvalue weighted by molar-refractivity contribution is 14.1. The molecule has 0 spiro atoms. The highest BCUT2D eigenvalue weighted by Crippen LogP contribution is 2.31. The Labute approximate surface area is 129 Å². The summed E-state index contributed by atoms with van der Waals surface area (Å²) < 4.78 is 1.17. The largest absolute Gasteiger partial charge is 0.370 e. The molecule has 1 aromatic rings. The first-order valence-electron chi connectivity index (χ1n) is 4.38. The van der Waals surface area contributed by atoms with Crippen molar-refractivity contribution in [2.75, 3.05) is 0 Å². The molecule has 0 aliphatic rings. The van der Waals surface area contributed by atoms with Crippen LogP contribution in [0.25, 0.3) is 0 Å². The molecule has 0 aliphatic carbocycles. The van der Waals surface area contributed by atoms with Crippen LogP contribution in [0.4, 0.5) is 11.4 Å². The minimum atomic E-state index is -0.475. The Hall–Kier alpha value is -1.18. The number of rotatable bonds is 2. The fourth-order valence-electron chi connectivity index (χ4n) is 1.04. The molecule has 0 saturated heterocycles. The van der Waals surface area contributed by atoms with Crippen molar-refractivity contribution in [3.63, 3.8) is 0 Å². The predicted molar refractivity (Wildman–Crippen MR) is 85.6 cm³/mol. The van der Waals surface area contributed by atoms with Crippen LogP contribution in [-0.4, -0.2) is 16.8 Å². The Kier molecular flexibility index (Phi) is 5.06. The lowest BCUT2D eigenvalue weighted by Gasteiger charge is -2.03. The van der Waals surface area contributed by atoms with Crippen molar-refractivity contribution in [2.45, 2.75) is 0 Å². The van der Waals surface area contributed by atoms with Gasteiger partial charge in [-0.15, -0.1) is 0 Å². The van der Waals surface area contributed by atoms with E-state index in [2.05, 4.69) is 9.98 Å². The lowest BCUT2D eigenvalue weighted by Crippen LogP contribution is -2.26. The van der Waals surface area contributed by atoms with Gasteiger partial charge in [0.25, 0.3) is 5.69 Å². The molecule has 6 N–H and O–H groups in total. The van der Waals surface area contributed by atoms with E-state index in [9.17, 15) is 10.1 Å². The lowest BCUT2D eigenvalue weighted by molar-refractivity contribution is -0.385. The average Bonchev–Trinajstić information content (AvgIpc) is 2.21. The van der Waals surface area contributed by atoms with Crippen molar-refractivity contribution < 1.29 is 4.92 Å². The van der Waals surface area contributed by atoms with Gasteiger partial charge in [0.05, 0.1) is 10.6 Å². The van der Waals surface area contributed by atoms with Crippen molar-refractivity contribution in [1.29, 1.82) is 0 Å². The molecule has 0 amide bonds. The van der Waals surface area contributed by atoms with Crippen LogP contribution in [0, 0.1) is 17.3 Å². The molecule has 1 aromatic carbocycles. The van der Waals surface area contributed by atoms with Crippen molar-refractivity contribution in [2.24, 2.45) is 27.2 Å². The number of nitrogens with zero attached hydrogens (tertiary/aromatic N) is 3. The first-order chi connectivity index (χ1) is 8.31. The summed E-state index contributed by atoms with van der Waals surface area (Å²) in [5, 5.41) is 10.7. The van der Waals surface area contributed by atoms with Crippen molar-refractivity contribution in [3.8, 4) is 0 Å². The van der Waals surface area contributed by atoms with E-state index in [-0.39, 0.29) is 17.6 Å². The van der Waals surface area contributed by atoms with Gasteiger partial charge in [0.1, 0.15) is 0 Å². The molecule has 0 radical (unpaired) electrons. The van der Waals surface area contributed by atoms with Gasteiger partial charge in [0.15, 0.2) is 5.96 Å². The second kappa shape index (κ2) is 6.12. The smallest absolute Gasteiger partial charge is 0.271 e. The third-order valence-electron chi connectivity index (χ3n) is 1.68. The van der Waals surface area contributed by atoms with E-state index in [1.807, 2.05) is 45.2 Å². The standard InChI is InChI=1S/C8H8I2N6O2/c9-4-1-3(16(17)18)2-5(10)6(4)14-8(13)15-7(11)12/h1-2H,(H6,11,12,13,14,15). The lowest BCUT2D eigenvalue weighted by atomic mass is 10.3. The van der Waals surface area contributed by atoms with Gasteiger partial charge < -0.3 is 17.2 Å². The van der Waals surface area contributed by atoms with E-state index < -0.39 is 4.92 Å². The quantitative estimate of drug-likeness (QED) is 0.193. The zero-order valence-electron chi connectivity index (χ0n) is 8.80. The molecule has 0 unspecified atom stereocenters. The van der Waals surface area contributed by atoms with Gasteiger partial charge in [0.2, 0.25) is 5.96 Å². The van der Waals surface area contributed by atoms with Crippen LogP contribution in [0.2, 0.25) is 0 Å². The van der Waals surface area contributed by atoms with Gasteiger partial charge >= 0.3 is 0 Å². The summed E-state index contributed by atoms with van der Waals surface area (Å²) in [6.45, 7) is 0. The summed E-state index contributed by atoms with van der Waals surface area (Å²) in [6, 6.07) is 2.79. The molecule has 8 nitrogen and oxygen atoms in total. The first-order valence-corrected chi connectivity index (χ1v) is 6.54. The molecule has 0 saturated carbocycles. The molecule has 0 fully saturated rings. The van der Waals surface area contributed by atoms with Crippen molar-refractivity contribution in [3.05, 3.63) is 29.4 Å². The number of guanidine groups is 2. The van der Waals surface area contributed by atoms with Crippen LogP contribution in [0.5, 0.6) is 0 Å². The molecular formula is C8H8I2N6O2. The van der Waals surface area contributed by atoms with Gasteiger partial charge in [-0.3, -0.25) is 10.1 Å². The van der Waals surface area contributed by atoms with E-state index in [1.165, 1.54) is 12.1 Å². The fourth-order valence-corrected chi connectivity index (χ4v) is 3.01. The fraction of sp³-hybridized carbons (Fsp3) is 0. The molecule has 0 heterocycles. The van der Waals surface area contributed by atoms with Gasteiger partial charge in [0, 0.05) is 19.3 Å². The minimum absolute atomic E-state index is 0.0110. The normalized spacial score (nSPS) is 11.1. The number of non-ortho nitro benzene ring substituents is 1. The van der Waals surface area contributed by atoms with E-state index in [1.54, 1.807) is 0 Å². The van der Waals surface area contributed by atoms with Crippen LogP contribution in [0.3, 0.4) is 0 Å². The number of nitrogens with two attached hydrogens (primary N) is 3. The number of hydrogen-bond acceptors (Lipinski definition) is 3. The SMILES string of the molecule is NC(N)=NC(N)=Nc1c(I)cc([N+](=O)[O-])cc1I. The van der Waals surface area contributed by atoms with E-state index in [0.29, 0.717) is 12.8 Å². The van der Waals surface area contributed by atoms with Gasteiger partial charge in [-0.1, -0.05) is 0 Å². The number of nitro groups is 1. The Morgan fingerprint density at radius 3 is 2.11 bits per heavy atom. The average molecular weight is 474 g/mol. The van der Waals surface area contributed by atoms with Crippen LogP contribution in [0.15, 0.2) is 22.1 Å². The van der Waals surface area contributed by atoms with E-state index >= 15 is 0 Å². The third-order valence-corrected chi connectivity index (χ3v) is 3.33. The molecule has 10 heteroatoms. The molecule has 0 aliphatic heterocycles. The minimum Gasteiger partial charge on any atom is -0.370 e. The zero-order chi connectivity index (χ0) is 13.9. The topological polar surface area (TPSA) is 146 Å². The van der Waals surface area contributed by atoms with Gasteiger partial charge in [-0.05, 0) is 45.2 Å². The Bertz CT molecular complexity index is 530. The molecule has 0 aromatic heterocycles. The van der Waals surface area contributed by atoms with Crippen LogP contribution < -0.4 is 17.2 Å². The van der Waals surface area contributed by atoms with Crippen LogP contribution in [0.1, 0.15) is 0 Å². The summed E-state index contributed by atoms with van der Waals surface area (Å²) >= 11 is 3.86. The number of halogens is 2. The predicted octanol–water partition coefficient (Wildman–Crippen LogP) is 1.02. The molecule has 1 rings (SSSR count). The number of hydrogen-bond donors (Lipinski definition) is 3. The molecule has 0 bridgehead atoms. The second-order valence-electron chi connectivity index (χ2n) is 3.02. The Morgan fingerprint density at radius 1 is 1.22 bits per heavy atom. The molecule has 96 valence electrons. The van der Waals surface area contributed by atoms with Gasteiger partial charge in [-0.25, -0.2) is 4.99 Å². The first kappa shape index (κ1) is 14.9. The highest BCUT2D eigenvalue weighted by atomic mass is 127. The summed E-state index contributed by atoms with van der Waals surface area (Å²) in [6.07, 6.45) is 0. The van der Waals surface area contributed by atoms with E-state index in [4.69, 9.17) is 17.2 Å². The number of benzene rings is 1. The molecular weight excluding hydrogens is 466 g/mol. The van der Waals surface area contributed by atoms with Gasteiger partial charge in [-0.2, -0.15) is 4.99 Å². The summed E-state index contributed by atoms with van der Waals surface area (Å²) in [4.78, 5) is 17.8. The maximum atomic E-state index is 10.7. The Morgan fingerprint density at radius 2 is 1.72 bits per heavy atom. The van der Waals surface area contributed by atoms with Crippen LogP contribution in [-0.2, 0) is 0 Å². The maximum absolute atomic E-state index is 10.7. The van der Waals surface area contributed by atoms with Crippen molar-refractivity contribution in [1.82, 2.24) is 0 Å². The van der Waals surface area contributed by atoms with E-state index in [0.717, 1.165) is 0 Å².